The molecule has 0 aromatic heterocycles. The van der Waals surface area contributed by atoms with E-state index in [1.807, 2.05) is 0 Å². The van der Waals surface area contributed by atoms with Crippen molar-refractivity contribution in [1.29, 1.82) is 0 Å². The molecule has 0 amide bonds. The van der Waals surface area contributed by atoms with Crippen LogP contribution in [0, 0.1) is 11.8 Å². The maximum atomic E-state index is 5.71. The molecule has 1 spiro atoms. The Labute approximate surface area is 77.0 Å². The zero-order chi connectivity index (χ0) is 8.02. The molecule has 12 heavy (non-hydrogen) atoms. The summed E-state index contributed by atoms with van der Waals surface area (Å²) in [5, 5.41) is 0. The molecule has 0 aromatic rings. The van der Waals surface area contributed by atoms with Crippen molar-refractivity contribution in [1.82, 2.24) is 0 Å². The SMILES string of the molecule is C1COC2(C[C@H]3CSC[C@H]3C2)O1. The van der Waals surface area contributed by atoms with E-state index in [9.17, 15) is 0 Å². The smallest absolute Gasteiger partial charge is 0.169 e. The van der Waals surface area contributed by atoms with E-state index in [0.717, 1.165) is 37.9 Å². The van der Waals surface area contributed by atoms with Crippen molar-refractivity contribution in [3.63, 3.8) is 0 Å². The highest BCUT2D eigenvalue weighted by Gasteiger charge is 2.50. The van der Waals surface area contributed by atoms with Crippen LogP contribution in [-0.2, 0) is 9.47 Å². The lowest BCUT2D eigenvalue weighted by molar-refractivity contribution is -0.153. The largest absolute Gasteiger partial charge is 0.348 e. The Hall–Kier alpha value is 0.270. The molecule has 1 saturated carbocycles. The van der Waals surface area contributed by atoms with E-state index in [1.54, 1.807) is 0 Å². The van der Waals surface area contributed by atoms with Crippen molar-refractivity contribution in [2.45, 2.75) is 18.6 Å². The summed E-state index contributed by atoms with van der Waals surface area (Å²) in [7, 11) is 0. The molecule has 3 rings (SSSR count). The maximum absolute atomic E-state index is 5.71. The molecule has 0 bridgehead atoms. The lowest BCUT2D eigenvalue weighted by Gasteiger charge is -2.22. The Kier molecular flexibility index (Phi) is 1.68. The summed E-state index contributed by atoms with van der Waals surface area (Å²) in [6.45, 7) is 1.62. The van der Waals surface area contributed by atoms with Gasteiger partial charge in [-0.2, -0.15) is 11.8 Å². The van der Waals surface area contributed by atoms with Gasteiger partial charge in [-0.3, -0.25) is 0 Å². The van der Waals surface area contributed by atoms with E-state index < -0.39 is 0 Å². The number of thioether (sulfide) groups is 1. The number of fused-ring (bicyclic) bond motifs is 1. The molecule has 3 fully saturated rings. The molecular formula is C9H14O2S. The van der Waals surface area contributed by atoms with Crippen LogP contribution in [0.3, 0.4) is 0 Å². The van der Waals surface area contributed by atoms with E-state index >= 15 is 0 Å². The molecular weight excluding hydrogens is 172 g/mol. The van der Waals surface area contributed by atoms with Gasteiger partial charge in [-0.05, 0) is 23.3 Å². The van der Waals surface area contributed by atoms with Crippen LogP contribution in [0.25, 0.3) is 0 Å². The highest BCUT2D eigenvalue weighted by molar-refractivity contribution is 7.99. The molecule has 2 saturated heterocycles. The predicted octanol–water partition coefficient (Wildman–Crippen LogP) is 1.50. The van der Waals surface area contributed by atoms with Crippen LogP contribution in [0.1, 0.15) is 12.8 Å². The van der Waals surface area contributed by atoms with E-state index in [0.29, 0.717) is 0 Å². The fraction of sp³-hybridized carbons (Fsp3) is 1.00. The summed E-state index contributed by atoms with van der Waals surface area (Å²) in [6, 6.07) is 0. The van der Waals surface area contributed by atoms with Gasteiger partial charge in [0.25, 0.3) is 0 Å². The Morgan fingerprint density at radius 3 is 2.17 bits per heavy atom. The molecule has 3 aliphatic rings. The third-order valence-electron chi connectivity index (χ3n) is 3.29. The van der Waals surface area contributed by atoms with Gasteiger partial charge in [0.2, 0.25) is 0 Å². The predicted molar refractivity (Wildman–Crippen MR) is 48.2 cm³/mol. The maximum Gasteiger partial charge on any atom is 0.169 e. The quantitative estimate of drug-likeness (QED) is 0.571. The number of hydrogen-bond donors (Lipinski definition) is 0. The second-order valence-electron chi connectivity index (χ2n) is 4.07. The van der Waals surface area contributed by atoms with E-state index in [4.69, 9.17) is 9.47 Å². The highest BCUT2D eigenvalue weighted by atomic mass is 32.2. The minimum atomic E-state index is -0.129. The molecule has 1 aliphatic carbocycles. The van der Waals surface area contributed by atoms with Crippen molar-refractivity contribution in [3.05, 3.63) is 0 Å². The molecule has 0 N–H and O–H groups in total. The monoisotopic (exact) mass is 186 g/mol. The van der Waals surface area contributed by atoms with Crippen molar-refractivity contribution >= 4 is 11.8 Å². The molecule has 0 unspecified atom stereocenters. The van der Waals surface area contributed by atoms with Crippen LogP contribution < -0.4 is 0 Å². The summed E-state index contributed by atoms with van der Waals surface area (Å²) in [6.07, 6.45) is 2.31. The Morgan fingerprint density at radius 1 is 1.00 bits per heavy atom. The van der Waals surface area contributed by atoms with Gasteiger partial charge in [0.15, 0.2) is 5.79 Å². The van der Waals surface area contributed by atoms with E-state index in [1.165, 1.54) is 11.5 Å². The molecule has 2 atom stereocenters. The normalized spacial score (nSPS) is 44.0. The van der Waals surface area contributed by atoms with Gasteiger partial charge in [0.1, 0.15) is 0 Å². The van der Waals surface area contributed by atoms with Gasteiger partial charge >= 0.3 is 0 Å². The second-order valence-corrected chi connectivity index (χ2v) is 5.15. The van der Waals surface area contributed by atoms with E-state index in [-0.39, 0.29) is 5.79 Å². The van der Waals surface area contributed by atoms with Crippen molar-refractivity contribution in [2.75, 3.05) is 24.7 Å². The summed E-state index contributed by atoms with van der Waals surface area (Å²) >= 11 is 2.10. The third kappa shape index (κ3) is 1.03. The van der Waals surface area contributed by atoms with E-state index in [2.05, 4.69) is 11.8 Å². The number of ether oxygens (including phenoxy) is 2. The molecule has 3 heteroatoms. The van der Waals surface area contributed by atoms with Crippen LogP contribution in [0.5, 0.6) is 0 Å². The average Bonchev–Trinajstić information content (AvgIpc) is 2.66. The lowest BCUT2D eigenvalue weighted by atomic mass is 10.0. The lowest BCUT2D eigenvalue weighted by Crippen LogP contribution is -2.26. The fourth-order valence-electron chi connectivity index (χ4n) is 2.71. The van der Waals surface area contributed by atoms with Crippen molar-refractivity contribution < 1.29 is 9.47 Å². The fourth-order valence-corrected chi connectivity index (χ4v) is 4.23. The third-order valence-corrected chi connectivity index (χ3v) is 4.62. The summed E-state index contributed by atoms with van der Waals surface area (Å²) in [5.41, 5.74) is 0. The van der Waals surface area contributed by atoms with Gasteiger partial charge in [0.05, 0.1) is 13.2 Å². The molecule has 2 aliphatic heterocycles. The van der Waals surface area contributed by atoms with Crippen molar-refractivity contribution in [3.8, 4) is 0 Å². The zero-order valence-corrected chi connectivity index (χ0v) is 7.94. The Balaban J connectivity index is 1.77. The summed E-state index contributed by atoms with van der Waals surface area (Å²) < 4.78 is 11.4. The minimum Gasteiger partial charge on any atom is -0.348 e. The van der Waals surface area contributed by atoms with Crippen LogP contribution >= 0.6 is 11.8 Å². The first-order chi connectivity index (χ1) is 5.88. The van der Waals surface area contributed by atoms with Gasteiger partial charge in [-0.15, -0.1) is 0 Å². The van der Waals surface area contributed by atoms with Gasteiger partial charge in [0, 0.05) is 12.8 Å². The first kappa shape index (κ1) is 7.65. The minimum absolute atomic E-state index is 0.129. The average molecular weight is 186 g/mol. The number of rotatable bonds is 0. The molecule has 0 radical (unpaired) electrons. The molecule has 2 heterocycles. The van der Waals surface area contributed by atoms with Crippen LogP contribution in [0.4, 0.5) is 0 Å². The summed E-state index contributed by atoms with van der Waals surface area (Å²) in [4.78, 5) is 0. The van der Waals surface area contributed by atoms with Gasteiger partial charge in [-0.1, -0.05) is 0 Å². The first-order valence-corrected chi connectivity index (χ1v) is 5.89. The highest BCUT2D eigenvalue weighted by Crippen LogP contribution is 2.50. The first-order valence-electron chi connectivity index (χ1n) is 4.74. The molecule has 68 valence electrons. The standard InChI is InChI=1S/C9H14O2S/c1-2-11-9(10-1)3-7-5-12-6-8(7)4-9/h7-8H,1-6H2/t7-,8+. The molecule has 0 aromatic carbocycles. The Bertz CT molecular complexity index is 175. The Morgan fingerprint density at radius 2 is 1.58 bits per heavy atom. The topological polar surface area (TPSA) is 18.5 Å². The van der Waals surface area contributed by atoms with Gasteiger partial charge in [-0.25, -0.2) is 0 Å². The molecule has 2 nitrogen and oxygen atoms in total. The number of hydrogen-bond acceptors (Lipinski definition) is 3. The summed E-state index contributed by atoms with van der Waals surface area (Å²) in [5.74, 6) is 4.30. The van der Waals surface area contributed by atoms with Crippen LogP contribution in [-0.4, -0.2) is 30.5 Å². The van der Waals surface area contributed by atoms with Crippen LogP contribution in [0.2, 0.25) is 0 Å². The zero-order valence-electron chi connectivity index (χ0n) is 7.12. The van der Waals surface area contributed by atoms with Crippen LogP contribution in [0.15, 0.2) is 0 Å². The second kappa shape index (κ2) is 2.63. The van der Waals surface area contributed by atoms with Crippen molar-refractivity contribution in [2.24, 2.45) is 11.8 Å². The van der Waals surface area contributed by atoms with Gasteiger partial charge < -0.3 is 9.47 Å².